The molecule has 3 aromatic carbocycles. The first kappa shape index (κ1) is 23.1. The van der Waals surface area contributed by atoms with Crippen molar-refractivity contribution in [1.29, 1.82) is 0 Å². The molecule has 0 fully saturated rings. The summed E-state index contributed by atoms with van der Waals surface area (Å²) >= 11 is 0. The summed E-state index contributed by atoms with van der Waals surface area (Å²) < 4.78 is 7.50. The largest absolute Gasteiger partial charge is 0.497 e. The third kappa shape index (κ3) is 4.27. The maximum absolute atomic E-state index is 13.4. The van der Waals surface area contributed by atoms with Crippen LogP contribution in [0, 0.1) is 6.92 Å². The maximum atomic E-state index is 13.4. The van der Waals surface area contributed by atoms with Crippen LogP contribution in [0.3, 0.4) is 0 Å². The number of hydrogen-bond donors (Lipinski definition) is 2. The number of carbonyl (C=O) groups excluding carboxylic acids is 1. The number of anilines is 1. The molecule has 1 aromatic heterocycles. The fourth-order valence-corrected chi connectivity index (χ4v) is 4.14. The number of nitrogens with zero attached hydrogens (tertiary/aromatic N) is 1. The van der Waals surface area contributed by atoms with Gasteiger partial charge in [0.25, 0.3) is 5.91 Å². The van der Waals surface area contributed by atoms with Crippen LogP contribution >= 0.6 is 0 Å². The van der Waals surface area contributed by atoms with Crippen molar-refractivity contribution in [2.75, 3.05) is 12.4 Å². The Labute approximate surface area is 198 Å². The molecule has 6 heteroatoms. The predicted octanol–water partition coefficient (Wildman–Crippen LogP) is 6.20. The molecule has 0 aliphatic carbocycles. The zero-order valence-electron chi connectivity index (χ0n) is 20.0. The lowest BCUT2D eigenvalue weighted by molar-refractivity contribution is 0.0696. The van der Waals surface area contributed by atoms with Crippen molar-refractivity contribution in [2.24, 2.45) is 0 Å². The van der Waals surface area contributed by atoms with Crippen molar-refractivity contribution in [1.82, 2.24) is 4.57 Å². The number of hydrogen-bond acceptors (Lipinski definition) is 3. The zero-order valence-corrected chi connectivity index (χ0v) is 20.0. The highest BCUT2D eigenvalue weighted by molar-refractivity contribution is 6.14. The van der Waals surface area contributed by atoms with Crippen LogP contribution in [0.2, 0.25) is 0 Å². The van der Waals surface area contributed by atoms with Gasteiger partial charge in [0.2, 0.25) is 0 Å². The third-order valence-corrected chi connectivity index (χ3v) is 6.02. The predicted molar refractivity (Wildman–Crippen MR) is 135 cm³/mol. The van der Waals surface area contributed by atoms with Gasteiger partial charge < -0.3 is 19.7 Å². The quantitative estimate of drug-likeness (QED) is 0.375. The van der Waals surface area contributed by atoms with E-state index in [0.717, 1.165) is 22.3 Å². The van der Waals surface area contributed by atoms with E-state index in [-0.39, 0.29) is 16.9 Å². The number of methoxy groups -OCH3 is 1. The minimum atomic E-state index is -1.01. The Morgan fingerprint density at radius 2 is 1.59 bits per heavy atom. The molecule has 0 bridgehead atoms. The van der Waals surface area contributed by atoms with Crippen molar-refractivity contribution >= 4 is 28.5 Å². The molecule has 4 rings (SSSR count). The number of benzene rings is 3. The monoisotopic (exact) mass is 456 g/mol. The first-order valence-electron chi connectivity index (χ1n) is 11.0. The van der Waals surface area contributed by atoms with Crippen LogP contribution in [-0.4, -0.2) is 28.7 Å². The lowest BCUT2D eigenvalue weighted by Gasteiger charge is -2.19. The molecule has 4 aromatic rings. The van der Waals surface area contributed by atoms with E-state index in [9.17, 15) is 9.59 Å². The van der Waals surface area contributed by atoms with Crippen LogP contribution in [0.25, 0.3) is 16.6 Å². The first-order chi connectivity index (χ1) is 16.1. The SMILES string of the molecule is COc1ccc2c(c1)c(C(=O)Nc1ccc(C(=O)O)cc1)c(C)n2-c1ccc(C(C)(C)C)cc1. The average Bonchev–Trinajstić information content (AvgIpc) is 3.09. The maximum Gasteiger partial charge on any atom is 0.335 e. The summed E-state index contributed by atoms with van der Waals surface area (Å²) in [6, 6.07) is 20.2. The number of carboxylic acid groups (broad SMARTS) is 1. The number of rotatable bonds is 5. The van der Waals surface area contributed by atoms with E-state index >= 15 is 0 Å². The van der Waals surface area contributed by atoms with Crippen LogP contribution in [0.1, 0.15) is 52.7 Å². The van der Waals surface area contributed by atoms with Gasteiger partial charge in [0.05, 0.1) is 23.8 Å². The number of aromatic nitrogens is 1. The number of carboxylic acids is 1. The van der Waals surface area contributed by atoms with Gasteiger partial charge in [0, 0.05) is 22.5 Å². The summed E-state index contributed by atoms with van der Waals surface area (Å²) in [5, 5.41) is 12.8. The van der Waals surface area contributed by atoms with Crippen molar-refractivity contribution < 1.29 is 19.4 Å². The molecular formula is C28H28N2O4. The lowest BCUT2D eigenvalue weighted by Crippen LogP contribution is -2.14. The molecule has 0 spiro atoms. The second kappa shape index (κ2) is 8.71. The second-order valence-corrected chi connectivity index (χ2v) is 9.31. The van der Waals surface area contributed by atoms with Gasteiger partial charge in [-0.25, -0.2) is 4.79 Å². The second-order valence-electron chi connectivity index (χ2n) is 9.31. The van der Waals surface area contributed by atoms with Crippen molar-refractivity contribution in [3.63, 3.8) is 0 Å². The summed E-state index contributed by atoms with van der Waals surface area (Å²) in [6.07, 6.45) is 0. The molecular weight excluding hydrogens is 428 g/mol. The van der Waals surface area contributed by atoms with Gasteiger partial charge in [-0.3, -0.25) is 4.79 Å². The molecule has 0 saturated heterocycles. The molecule has 174 valence electrons. The first-order valence-corrected chi connectivity index (χ1v) is 11.0. The highest BCUT2D eigenvalue weighted by Crippen LogP contribution is 2.33. The van der Waals surface area contributed by atoms with Crippen LogP contribution in [0.5, 0.6) is 5.75 Å². The number of carbonyl (C=O) groups is 2. The Kier molecular flexibility index (Phi) is 5.92. The molecule has 1 heterocycles. The average molecular weight is 457 g/mol. The van der Waals surface area contributed by atoms with Gasteiger partial charge in [0.1, 0.15) is 5.75 Å². The van der Waals surface area contributed by atoms with Crippen LogP contribution in [0.4, 0.5) is 5.69 Å². The van der Waals surface area contributed by atoms with Crippen molar-refractivity contribution in [3.8, 4) is 11.4 Å². The molecule has 0 saturated carbocycles. The molecule has 1 amide bonds. The number of ether oxygens (including phenoxy) is 1. The Bertz CT molecular complexity index is 1380. The third-order valence-electron chi connectivity index (χ3n) is 6.02. The van der Waals surface area contributed by atoms with E-state index in [4.69, 9.17) is 9.84 Å². The van der Waals surface area contributed by atoms with Crippen molar-refractivity contribution in [2.45, 2.75) is 33.1 Å². The Balaban J connectivity index is 1.81. The van der Waals surface area contributed by atoms with Gasteiger partial charge in [-0.05, 0) is 72.5 Å². The van der Waals surface area contributed by atoms with Crippen LogP contribution < -0.4 is 10.1 Å². The minimum absolute atomic E-state index is 0.0426. The molecule has 0 unspecified atom stereocenters. The fraction of sp³-hybridized carbons (Fsp3) is 0.214. The van der Waals surface area contributed by atoms with Gasteiger partial charge >= 0.3 is 5.97 Å². The van der Waals surface area contributed by atoms with Crippen LogP contribution in [-0.2, 0) is 5.41 Å². The molecule has 2 N–H and O–H groups in total. The van der Waals surface area contributed by atoms with Gasteiger partial charge in [0.15, 0.2) is 0 Å². The van der Waals surface area contributed by atoms with E-state index in [1.807, 2.05) is 25.1 Å². The minimum Gasteiger partial charge on any atom is -0.497 e. The fourth-order valence-electron chi connectivity index (χ4n) is 4.14. The molecule has 0 aliphatic rings. The van der Waals surface area contributed by atoms with E-state index < -0.39 is 5.97 Å². The number of fused-ring (bicyclic) bond motifs is 1. The van der Waals surface area contributed by atoms with Gasteiger partial charge in [-0.1, -0.05) is 32.9 Å². The standard InChI is InChI=1S/C28H28N2O4/c1-17-25(26(31)29-20-10-6-18(7-11-20)27(32)33)23-16-22(34-5)14-15-24(23)30(17)21-12-8-19(9-13-21)28(2,3)4/h6-16H,1-5H3,(H,29,31)(H,32,33). The topological polar surface area (TPSA) is 80.6 Å². The normalized spacial score (nSPS) is 11.4. The Morgan fingerprint density at radius 3 is 2.15 bits per heavy atom. The number of aromatic carboxylic acids is 1. The van der Waals surface area contributed by atoms with Crippen LogP contribution in [0.15, 0.2) is 66.7 Å². The summed E-state index contributed by atoms with van der Waals surface area (Å²) in [5.74, 6) is -0.627. The van der Waals surface area contributed by atoms with E-state index in [0.29, 0.717) is 17.0 Å². The molecule has 0 radical (unpaired) electrons. The summed E-state index contributed by atoms with van der Waals surface area (Å²) in [4.78, 5) is 24.5. The summed E-state index contributed by atoms with van der Waals surface area (Å²) in [5.41, 5.74) is 5.15. The van der Waals surface area contributed by atoms with Gasteiger partial charge in [-0.2, -0.15) is 0 Å². The molecule has 0 atom stereocenters. The number of amides is 1. The smallest absolute Gasteiger partial charge is 0.335 e. The van der Waals surface area contributed by atoms with E-state index in [1.165, 1.54) is 17.7 Å². The molecule has 34 heavy (non-hydrogen) atoms. The van der Waals surface area contributed by atoms with E-state index in [2.05, 4.69) is 54.9 Å². The highest BCUT2D eigenvalue weighted by atomic mass is 16.5. The molecule has 6 nitrogen and oxygen atoms in total. The zero-order chi connectivity index (χ0) is 24.6. The number of nitrogens with one attached hydrogen (secondary N) is 1. The Morgan fingerprint density at radius 1 is 0.941 bits per heavy atom. The van der Waals surface area contributed by atoms with Crippen molar-refractivity contribution in [3.05, 3.63) is 89.1 Å². The van der Waals surface area contributed by atoms with E-state index in [1.54, 1.807) is 19.2 Å². The summed E-state index contributed by atoms with van der Waals surface area (Å²) in [6.45, 7) is 8.45. The lowest BCUT2D eigenvalue weighted by atomic mass is 9.87. The molecule has 0 aliphatic heterocycles. The highest BCUT2D eigenvalue weighted by Gasteiger charge is 2.22. The van der Waals surface area contributed by atoms with Gasteiger partial charge in [-0.15, -0.1) is 0 Å². The summed E-state index contributed by atoms with van der Waals surface area (Å²) in [7, 11) is 1.60. The Hall–Kier alpha value is -4.06.